The first-order valence-corrected chi connectivity index (χ1v) is 19.1. The smallest absolute Gasteiger partial charge is 0.744 e. The van der Waals surface area contributed by atoms with Gasteiger partial charge in [-0.3, -0.25) is 0 Å². The summed E-state index contributed by atoms with van der Waals surface area (Å²) in [6.07, 6.45) is 1.24. The molecular formula is C36H30CaN6O12S2+2. The van der Waals surface area contributed by atoms with Gasteiger partial charge in [0.1, 0.15) is 31.6 Å². The van der Waals surface area contributed by atoms with Crippen LogP contribution in [0, 0.1) is 9.81 Å². The third kappa shape index (κ3) is 10.1. The number of azo groups is 2. The van der Waals surface area contributed by atoms with Crippen LogP contribution in [-0.4, -0.2) is 94.2 Å². The number of nitrogens with zero attached hydrogens (tertiary/aromatic N) is 6. The molecular weight excluding hydrogens is 813 g/mol. The Morgan fingerprint density at radius 1 is 0.561 bits per heavy atom. The number of rotatable bonds is 10. The average molecular weight is 843 g/mol. The van der Waals surface area contributed by atoms with Crippen molar-refractivity contribution in [2.75, 3.05) is 0 Å². The van der Waals surface area contributed by atoms with Gasteiger partial charge in [-0.25, -0.2) is 27.3 Å². The summed E-state index contributed by atoms with van der Waals surface area (Å²) in [7, 11) is -9.92. The van der Waals surface area contributed by atoms with Gasteiger partial charge in [-0.1, -0.05) is 74.5 Å². The molecule has 0 aliphatic carbocycles. The summed E-state index contributed by atoms with van der Waals surface area (Å²) in [5, 5.41) is 56.1. The molecule has 57 heavy (non-hydrogen) atoms. The Morgan fingerprint density at radius 2 is 0.912 bits per heavy atom. The van der Waals surface area contributed by atoms with Crippen molar-refractivity contribution in [1.82, 2.24) is 0 Å². The van der Waals surface area contributed by atoms with Crippen LogP contribution in [0.1, 0.15) is 25.0 Å². The fourth-order valence-corrected chi connectivity index (χ4v) is 6.64. The zero-order valence-electron chi connectivity index (χ0n) is 29.9. The van der Waals surface area contributed by atoms with E-state index in [1.54, 1.807) is 60.7 Å². The summed E-state index contributed by atoms with van der Waals surface area (Å²) in [5.41, 5.74) is 0.719. The molecule has 21 heteroatoms. The largest absolute Gasteiger partial charge is 2.00 e. The monoisotopic (exact) mass is 842 g/mol. The van der Waals surface area contributed by atoms with Crippen LogP contribution in [0.15, 0.2) is 127 Å². The molecule has 6 aromatic carbocycles. The Kier molecular flexibility index (Phi) is 14.1. The van der Waals surface area contributed by atoms with Crippen molar-refractivity contribution in [1.29, 1.82) is 0 Å². The summed E-state index contributed by atoms with van der Waals surface area (Å²) in [4.78, 5) is 20.5. The number of aryl methyl sites for hydroxylation is 2. The molecule has 0 atom stereocenters. The number of aromatic hydroxyl groups is 2. The van der Waals surface area contributed by atoms with Crippen molar-refractivity contribution in [2.45, 2.75) is 36.5 Å². The van der Waals surface area contributed by atoms with Gasteiger partial charge in [0.2, 0.25) is 0 Å². The zero-order chi connectivity index (χ0) is 40.9. The Hall–Kier alpha value is -5.48. The normalized spacial score (nSPS) is 11.7. The maximum Gasteiger partial charge on any atom is 2.00 e. The van der Waals surface area contributed by atoms with Crippen molar-refractivity contribution >= 4 is 114 Å². The zero-order valence-corrected chi connectivity index (χ0v) is 33.8. The molecule has 6 aromatic rings. The van der Waals surface area contributed by atoms with E-state index in [0.717, 1.165) is 23.3 Å². The average Bonchev–Trinajstić information content (AvgIpc) is 3.16. The van der Waals surface area contributed by atoms with Gasteiger partial charge in [-0.05, 0) is 59.0 Å². The number of phenolic OH excluding ortho intramolecular Hbond substituents is 2. The van der Waals surface area contributed by atoms with Crippen LogP contribution >= 0.6 is 0 Å². The Labute approximate surface area is 354 Å². The third-order valence-electron chi connectivity index (χ3n) is 8.28. The quantitative estimate of drug-likeness (QED) is 0.0441. The third-order valence-corrected chi connectivity index (χ3v) is 9.98. The first-order chi connectivity index (χ1) is 26.4. The molecule has 18 nitrogen and oxygen atoms in total. The van der Waals surface area contributed by atoms with E-state index in [4.69, 9.17) is 0 Å². The van der Waals surface area contributed by atoms with Gasteiger partial charge in [0, 0.05) is 22.9 Å². The van der Waals surface area contributed by atoms with Gasteiger partial charge >= 0.3 is 49.1 Å². The minimum Gasteiger partial charge on any atom is -0.744 e. The summed E-state index contributed by atoms with van der Waals surface area (Å²) < 4.78 is 68.8. The second-order valence-corrected chi connectivity index (χ2v) is 14.5. The number of hydrogen-bond donors (Lipinski definition) is 4. The fourth-order valence-electron chi connectivity index (χ4n) is 5.43. The summed E-state index contributed by atoms with van der Waals surface area (Å²) in [6, 6.07) is 24.0. The molecule has 0 aliphatic rings. The molecule has 0 radical (unpaired) electrons. The Balaban J connectivity index is 0.000000248. The molecule has 4 N–H and O–H groups in total. The van der Waals surface area contributed by atoms with Crippen LogP contribution in [0.5, 0.6) is 11.5 Å². The van der Waals surface area contributed by atoms with Crippen molar-refractivity contribution in [2.24, 2.45) is 20.5 Å². The first-order valence-electron chi connectivity index (χ1n) is 16.3. The molecule has 0 saturated carbocycles. The molecule has 0 unspecified atom stereocenters. The van der Waals surface area contributed by atoms with Gasteiger partial charge < -0.3 is 19.3 Å². The van der Waals surface area contributed by atoms with Crippen molar-refractivity contribution in [3.63, 3.8) is 0 Å². The van der Waals surface area contributed by atoms with Crippen LogP contribution in [0.3, 0.4) is 0 Å². The molecule has 0 saturated heterocycles. The molecule has 0 aliphatic heterocycles. The number of benzene rings is 6. The summed E-state index contributed by atoms with van der Waals surface area (Å²) in [6.45, 7) is 3.73. The van der Waals surface area contributed by atoms with Gasteiger partial charge in [-0.2, -0.15) is 0 Å². The number of fused-ring (bicyclic) bond motifs is 2. The van der Waals surface area contributed by atoms with Gasteiger partial charge in [0.15, 0.2) is 22.9 Å². The maximum absolute atomic E-state index is 11.5. The van der Waals surface area contributed by atoms with E-state index < -0.39 is 41.5 Å². The van der Waals surface area contributed by atoms with E-state index in [1.165, 1.54) is 24.3 Å². The molecule has 0 aromatic heterocycles. The van der Waals surface area contributed by atoms with Crippen LogP contribution in [0.4, 0.5) is 34.1 Å². The Bertz CT molecular complexity index is 2640. The van der Waals surface area contributed by atoms with Crippen LogP contribution < -0.4 is 0 Å². The van der Waals surface area contributed by atoms with Gasteiger partial charge in [-0.15, -0.1) is 20.5 Å². The van der Waals surface area contributed by atoms with E-state index >= 15 is 0 Å². The molecule has 0 bridgehead atoms. The molecule has 0 heterocycles. The number of hydrogen-bond acceptors (Lipinski definition) is 14. The fraction of sp³-hybridized carbons (Fsp3) is 0.111. The molecule has 288 valence electrons. The molecule has 0 spiro atoms. The second-order valence-electron chi connectivity index (χ2n) is 11.8. The number of phenols is 2. The molecule has 0 fully saturated rings. The minimum absolute atomic E-state index is 0. The van der Waals surface area contributed by atoms with E-state index in [0.29, 0.717) is 34.4 Å². The van der Waals surface area contributed by atoms with E-state index in [-0.39, 0.29) is 81.7 Å². The summed E-state index contributed by atoms with van der Waals surface area (Å²) >= 11 is 0. The van der Waals surface area contributed by atoms with Gasteiger partial charge in [0.05, 0.1) is 19.6 Å². The maximum atomic E-state index is 11.5. The predicted molar refractivity (Wildman–Crippen MR) is 203 cm³/mol. The van der Waals surface area contributed by atoms with E-state index in [2.05, 4.69) is 20.5 Å². The standard InChI is InChI=1S/2C18H15N3O6S.Ca/c2*1-2-11-7-8-14(15(9-11)21(23)24)19-20-17-13-6-4-3-5-12(13)10-16(18(17)22)28(25,26)27;/h2*3-10H,2H2,1H3,(H2-,19,22,23,24,25,26,27);/q;;+2. The van der Waals surface area contributed by atoms with Crippen LogP contribution in [0.25, 0.3) is 21.5 Å². The Morgan fingerprint density at radius 3 is 1.23 bits per heavy atom. The van der Waals surface area contributed by atoms with Crippen molar-refractivity contribution in [3.05, 3.63) is 118 Å². The molecule has 6 rings (SSSR count). The van der Waals surface area contributed by atoms with Gasteiger partial charge in [0.25, 0.3) is 9.85 Å². The van der Waals surface area contributed by atoms with Crippen LogP contribution in [0.2, 0.25) is 0 Å². The predicted octanol–water partition coefficient (Wildman–Crippen LogP) is 8.07. The second kappa shape index (κ2) is 18.2. The van der Waals surface area contributed by atoms with E-state index in [9.17, 15) is 56.4 Å². The minimum atomic E-state index is -4.96. The van der Waals surface area contributed by atoms with E-state index in [1.807, 2.05) is 13.8 Å². The topological polar surface area (TPSA) is 285 Å². The summed E-state index contributed by atoms with van der Waals surface area (Å²) in [5.74, 6) is -1.68. The molecule has 0 amide bonds. The first kappa shape index (κ1) is 44.2. The van der Waals surface area contributed by atoms with Crippen molar-refractivity contribution in [3.8, 4) is 11.5 Å². The van der Waals surface area contributed by atoms with Crippen LogP contribution in [-0.2, 0) is 33.1 Å². The SMILES string of the molecule is CCc1ccc(N=Nc2c(O)c(S(=O)(=O)[O-])cc3ccccc23)c([N+](=O)O)c1.CCc1ccc(N=Nc2c(O)c(S(=O)(=O)[O-])cc3ccccc23)c([N+](=O)O)c1.[Ca+2]. The van der Waals surface area contributed by atoms with Crippen molar-refractivity contribution < 1.29 is 56.4 Å².